The minimum absolute atomic E-state index is 0.00688. The van der Waals surface area contributed by atoms with E-state index < -0.39 is 5.60 Å². The second-order valence-corrected chi connectivity index (χ2v) is 6.98. The van der Waals surface area contributed by atoms with Gasteiger partial charge in [-0.15, -0.1) is 0 Å². The Morgan fingerprint density at radius 3 is 2.19 bits per heavy atom. The Bertz CT molecular complexity index is 370. The van der Waals surface area contributed by atoms with Gasteiger partial charge in [-0.1, -0.05) is 27.7 Å². The highest BCUT2D eigenvalue weighted by Gasteiger charge is 2.30. The number of aliphatic hydroxyl groups is 1. The van der Waals surface area contributed by atoms with E-state index in [9.17, 15) is 14.7 Å². The van der Waals surface area contributed by atoms with Crippen molar-refractivity contribution >= 4 is 11.8 Å². The molecule has 0 aliphatic carbocycles. The molecule has 1 saturated heterocycles. The van der Waals surface area contributed by atoms with Crippen LogP contribution in [0, 0.1) is 17.8 Å². The monoisotopic (exact) mass is 298 g/mol. The first kappa shape index (κ1) is 18.0. The summed E-state index contributed by atoms with van der Waals surface area (Å²) in [6.45, 7) is 11.0. The Morgan fingerprint density at radius 2 is 1.76 bits per heavy atom. The van der Waals surface area contributed by atoms with Gasteiger partial charge in [0.05, 0.1) is 5.60 Å². The second-order valence-electron chi connectivity index (χ2n) is 6.98. The van der Waals surface area contributed by atoms with Crippen molar-refractivity contribution in [1.29, 1.82) is 0 Å². The minimum Gasteiger partial charge on any atom is -0.388 e. The van der Waals surface area contributed by atoms with Crippen LogP contribution in [0.4, 0.5) is 0 Å². The molecule has 0 saturated carbocycles. The minimum atomic E-state index is -0.885. The summed E-state index contributed by atoms with van der Waals surface area (Å²) in [5.74, 6) is 0.202. The number of nitrogens with zero attached hydrogens (tertiary/aromatic N) is 1. The fourth-order valence-corrected chi connectivity index (χ4v) is 2.34. The topological polar surface area (TPSA) is 69.6 Å². The zero-order valence-corrected chi connectivity index (χ0v) is 14.0. The van der Waals surface area contributed by atoms with Crippen molar-refractivity contribution in [2.45, 2.75) is 53.1 Å². The van der Waals surface area contributed by atoms with Crippen LogP contribution in [0.25, 0.3) is 0 Å². The van der Waals surface area contributed by atoms with Crippen LogP contribution >= 0.6 is 0 Å². The molecule has 1 fully saturated rings. The van der Waals surface area contributed by atoms with Gasteiger partial charge in [-0.3, -0.25) is 9.59 Å². The fraction of sp³-hybridized carbons (Fsp3) is 0.875. The summed E-state index contributed by atoms with van der Waals surface area (Å²) in [5.41, 5.74) is -0.885. The Labute approximate surface area is 128 Å². The lowest BCUT2D eigenvalue weighted by Gasteiger charge is -2.33. The maximum atomic E-state index is 12.2. The molecule has 122 valence electrons. The number of carbonyl (C=O) groups excluding carboxylic acids is 2. The van der Waals surface area contributed by atoms with Crippen LogP contribution in [0.1, 0.15) is 47.5 Å². The maximum absolute atomic E-state index is 12.2. The number of rotatable bonds is 5. The van der Waals surface area contributed by atoms with Crippen molar-refractivity contribution in [3.8, 4) is 0 Å². The molecular formula is C16H30N2O3. The number of hydrogen-bond acceptors (Lipinski definition) is 3. The third-order valence-electron chi connectivity index (χ3n) is 4.54. The molecule has 21 heavy (non-hydrogen) atoms. The van der Waals surface area contributed by atoms with Crippen LogP contribution in [0.3, 0.4) is 0 Å². The number of nitrogens with one attached hydrogen (secondary N) is 1. The predicted molar refractivity (Wildman–Crippen MR) is 82.6 cm³/mol. The van der Waals surface area contributed by atoms with Gasteiger partial charge in [0, 0.05) is 31.5 Å². The molecule has 0 bridgehead atoms. The van der Waals surface area contributed by atoms with Gasteiger partial charge >= 0.3 is 0 Å². The van der Waals surface area contributed by atoms with Crippen LogP contribution in [-0.4, -0.2) is 47.1 Å². The highest BCUT2D eigenvalue weighted by molar-refractivity contribution is 5.80. The van der Waals surface area contributed by atoms with Gasteiger partial charge in [0.1, 0.15) is 0 Å². The first-order valence-electron chi connectivity index (χ1n) is 7.94. The van der Waals surface area contributed by atoms with E-state index in [0.29, 0.717) is 25.9 Å². The molecule has 0 spiro atoms. The SMILES string of the molecule is CC(C)C(=O)N1CCC(C(=O)NCC(C)(O)C(C)C)CC1. The molecule has 0 aromatic rings. The number of hydrogen-bond donors (Lipinski definition) is 2. The lowest BCUT2D eigenvalue weighted by molar-refractivity contribution is -0.138. The summed E-state index contributed by atoms with van der Waals surface area (Å²) in [5, 5.41) is 13.0. The van der Waals surface area contributed by atoms with Gasteiger partial charge in [0.2, 0.25) is 11.8 Å². The molecule has 0 aromatic heterocycles. The number of amides is 2. The molecule has 2 amide bonds. The molecular weight excluding hydrogens is 268 g/mol. The zero-order chi connectivity index (χ0) is 16.2. The highest BCUT2D eigenvalue weighted by atomic mass is 16.3. The first-order valence-corrected chi connectivity index (χ1v) is 7.94. The summed E-state index contributed by atoms with van der Waals surface area (Å²) in [4.78, 5) is 25.9. The van der Waals surface area contributed by atoms with Gasteiger partial charge in [-0.25, -0.2) is 0 Å². The van der Waals surface area contributed by atoms with E-state index in [0.717, 1.165) is 0 Å². The molecule has 0 radical (unpaired) electrons. The first-order chi connectivity index (χ1) is 9.65. The molecule has 1 aliphatic heterocycles. The molecule has 1 aliphatic rings. The van der Waals surface area contributed by atoms with Gasteiger partial charge < -0.3 is 15.3 Å². The van der Waals surface area contributed by atoms with Gasteiger partial charge in [-0.2, -0.15) is 0 Å². The van der Waals surface area contributed by atoms with E-state index in [1.807, 2.05) is 32.6 Å². The highest BCUT2D eigenvalue weighted by Crippen LogP contribution is 2.20. The summed E-state index contributed by atoms with van der Waals surface area (Å²) < 4.78 is 0. The van der Waals surface area contributed by atoms with Gasteiger partial charge in [0.25, 0.3) is 0 Å². The lowest BCUT2D eigenvalue weighted by Crippen LogP contribution is -2.48. The molecule has 1 rings (SSSR count). The zero-order valence-electron chi connectivity index (χ0n) is 14.0. The average molecular weight is 298 g/mol. The van der Waals surface area contributed by atoms with Crippen LogP contribution in [-0.2, 0) is 9.59 Å². The molecule has 0 aromatic carbocycles. The second kappa shape index (κ2) is 7.25. The quantitative estimate of drug-likeness (QED) is 0.806. The molecule has 1 atom stereocenters. The van der Waals surface area contributed by atoms with E-state index in [2.05, 4.69) is 5.32 Å². The Balaban J connectivity index is 2.41. The smallest absolute Gasteiger partial charge is 0.225 e. The van der Waals surface area contributed by atoms with Crippen LogP contribution < -0.4 is 5.32 Å². The summed E-state index contributed by atoms with van der Waals surface area (Å²) in [6.07, 6.45) is 1.40. The number of likely N-dealkylation sites (tertiary alicyclic amines) is 1. The van der Waals surface area contributed by atoms with Crippen molar-refractivity contribution in [3.05, 3.63) is 0 Å². The van der Waals surface area contributed by atoms with E-state index in [-0.39, 0.29) is 36.1 Å². The van der Waals surface area contributed by atoms with Crippen molar-refractivity contribution in [2.24, 2.45) is 17.8 Å². The summed E-state index contributed by atoms with van der Waals surface area (Å²) >= 11 is 0. The fourth-order valence-electron chi connectivity index (χ4n) is 2.34. The third kappa shape index (κ3) is 4.99. The maximum Gasteiger partial charge on any atom is 0.225 e. The van der Waals surface area contributed by atoms with Crippen molar-refractivity contribution in [2.75, 3.05) is 19.6 Å². The molecule has 5 heteroatoms. The molecule has 1 heterocycles. The van der Waals surface area contributed by atoms with Gasteiger partial charge in [0.15, 0.2) is 0 Å². The standard InChI is InChI=1S/C16H30N2O3/c1-11(2)15(20)18-8-6-13(7-9-18)14(19)17-10-16(5,21)12(3)4/h11-13,21H,6-10H2,1-5H3,(H,17,19). The Hall–Kier alpha value is -1.10. The third-order valence-corrected chi connectivity index (χ3v) is 4.54. The van der Waals surface area contributed by atoms with E-state index in [4.69, 9.17) is 0 Å². The molecule has 2 N–H and O–H groups in total. The van der Waals surface area contributed by atoms with Crippen LogP contribution in [0.2, 0.25) is 0 Å². The Morgan fingerprint density at radius 1 is 1.24 bits per heavy atom. The van der Waals surface area contributed by atoms with Crippen molar-refractivity contribution in [3.63, 3.8) is 0 Å². The van der Waals surface area contributed by atoms with Gasteiger partial charge in [-0.05, 0) is 25.7 Å². The predicted octanol–water partition coefficient (Wildman–Crippen LogP) is 1.40. The summed E-state index contributed by atoms with van der Waals surface area (Å²) in [7, 11) is 0. The molecule has 1 unspecified atom stereocenters. The average Bonchev–Trinajstić information content (AvgIpc) is 2.44. The summed E-state index contributed by atoms with van der Waals surface area (Å²) in [6, 6.07) is 0. The van der Waals surface area contributed by atoms with Crippen LogP contribution in [0.15, 0.2) is 0 Å². The normalized spacial score (nSPS) is 19.7. The van der Waals surface area contributed by atoms with Crippen LogP contribution in [0.5, 0.6) is 0 Å². The van der Waals surface area contributed by atoms with E-state index in [1.165, 1.54) is 0 Å². The van der Waals surface area contributed by atoms with Crippen molar-refractivity contribution < 1.29 is 14.7 Å². The molecule has 5 nitrogen and oxygen atoms in total. The lowest BCUT2D eigenvalue weighted by atomic mass is 9.91. The number of piperidine rings is 1. The number of carbonyl (C=O) groups is 2. The van der Waals surface area contributed by atoms with E-state index >= 15 is 0 Å². The van der Waals surface area contributed by atoms with E-state index in [1.54, 1.807) is 6.92 Å². The van der Waals surface area contributed by atoms with Crippen molar-refractivity contribution in [1.82, 2.24) is 10.2 Å². The Kier molecular flexibility index (Phi) is 6.20. The largest absolute Gasteiger partial charge is 0.388 e.